The highest BCUT2D eigenvalue weighted by atomic mass is 32.2. The predicted octanol–water partition coefficient (Wildman–Crippen LogP) is 4.55. The summed E-state index contributed by atoms with van der Waals surface area (Å²) in [4.78, 5) is 25.3. The van der Waals surface area contributed by atoms with Gasteiger partial charge in [-0.25, -0.2) is 8.60 Å². The van der Waals surface area contributed by atoms with Gasteiger partial charge in [0.25, 0.3) is 5.91 Å². The van der Waals surface area contributed by atoms with Crippen LogP contribution < -0.4 is 5.32 Å². The van der Waals surface area contributed by atoms with Crippen molar-refractivity contribution >= 4 is 21.3 Å². The minimum absolute atomic E-state index is 0.297. The molecule has 0 aliphatic heterocycles. The molecule has 1 aromatic carbocycles. The summed E-state index contributed by atoms with van der Waals surface area (Å²) in [7, 11) is -2.37. The molecule has 0 unspecified atom stereocenters. The van der Waals surface area contributed by atoms with Crippen LogP contribution in [0, 0.1) is 5.82 Å². The summed E-state index contributed by atoms with van der Waals surface area (Å²) in [5.41, 5.74) is -0.329. The van der Waals surface area contributed by atoms with Crippen molar-refractivity contribution in [3.8, 4) is 11.4 Å². The number of nitrogens with zero attached hydrogens (tertiary/aromatic N) is 4. The maximum Gasteiger partial charge on any atom is 0.416 e. The summed E-state index contributed by atoms with van der Waals surface area (Å²) in [5.74, 6) is -2.09. The fourth-order valence-corrected chi connectivity index (χ4v) is 3.55. The highest BCUT2D eigenvalue weighted by Gasteiger charge is 2.32. The average molecular weight is 481 g/mol. The van der Waals surface area contributed by atoms with Crippen molar-refractivity contribution in [2.75, 3.05) is 12.5 Å². The molecule has 2 heterocycles. The van der Waals surface area contributed by atoms with Crippen LogP contribution in [-0.2, 0) is 15.9 Å². The second-order valence-corrected chi connectivity index (χ2v) is 9.93. The van der Waals surface area contributed by atoms with E-state index in [1.807, 2.05) is 0 Å². The zero-order valence-electron chi connectivity index (χ0n) is 17.7. The van der Waals surface area contributed by atoms with Crippen molar-refractivity contribution in [2.24, 2.45) is 4.36 Å². The van der Waals surface area contributed by atoms with Gasteiger partial charge in [-0.05, 0) is 37.3 Å². The Bertz CT molecular complexity index is 1290. The lowest BCUT2D eigenvalue weighted by molar-refractivity contribution is -0.137. The monoisotopic (exact) mass is 481 g/mol. The molecule has 0 fully saturated rings. The van der Waals surface area contributed by atoms with Crippen molar-refractivity contribution < 1.29 is 26.6 Å². The number of pyridine rings is 1. The molecule has 0 saturated heterocycles. The Hall–Kier alpha value is -3.41. The normalized spacial score (nSPS) is 12.8. The Morgan fingerprint density at radius 1 is 1.09 bits per heavy atom. The summed E-state index contributed by atoms with van der Waals surface area (Å²) in [6, 6.07) is 4.01. The van der Waals surface area contributed by atoms with E-state index in [1.54, 1.807) is 19.1 Å². The van der Waals surface area contributed by atoms with Gasteiger partial charge in [0.2, 0.25) is 0 Å². The third-order valence-corrected chi connectivity index (χ3v) is 4.94. The minimum Gasteiger partial charge on any atom is -0.344 e. The first-order valence-corrected chi connectivity index (χ1v) is 11.8. The molecule has 0 spiro atoms. The van der Waals surface area contributed by atoms with E-state index >= 15 is 0 Å². The Balaban J connectivity index is 1.88. The molecular formula is C21H19F4N5O2S. The molecule has 2 aromatic heterocycles. The molecule has 3 rings (SSSR count). The highest BCUT2D eigenvalue weighted by Crippen LogP contribution is 2.31. The molecular weight excluding hydrogens is 462 g/mol. The number of halogens is 4. The lowest BCUT2D eigenvalue weighted by Gasteiger charge is -2.17. The van der Waals surface area contributed by atoms with Gasteiger partial charge in [0.15, 0.2) is 0 Å². The topological polar surface area (TPSA) is 97.2 Å². The first kappa shape index (κ1) is 24.2. The van der Waals surface area contributed by atoms with Crippen LogP contribution in [0.3, 0.4) is 0 Å². The maximum atomic E-state index is 13.7. The number of carbonyl (C=O) groups is 1. The molecule has 1 amide bonds. The minimum atomic E-state index is -4.80. The number of rotatable bonds is 5. The first-order chi connectivity index (χ1) is 15.3. The Morgan fingerprint density at radius 3 is 2.39 bits per heavy atom. The Morgan fingerprint density at radius 2 is 1.79 bits per heavy atom. The highest BCUT2D eigenvalue weighted by molar-refractivity contribution is 7.92. The smallest absolute Gasteiger partial charge is 0.344 e. The molecule has 174 valence electrons. The maximum absolute atomic E-state index is 13.7. The zero-order chi connectivity index (χ0) is 24.4. The van der Waals surface area contributed by atoms with E-state index in [4.69, 9.17) is 0 Å². The summed E-state index contributed by atoms with van der Waals surface area (Å²) < 4.78 is 68.4. The van der Waals surface area contributed by atoms with Crippen molar-refractivity contribution in [3.05, 3.63) is 71.6 Å². The average Bonchev–Trinajstić information content (AvgIpc) is 2.72. The number of nitrogens with one attached hydrogen (secondary N) is 1. The van der Waals surface area contributed by atoms with Crippen LogP contribution in [-0.4, -0.2) is 37.6 Å². The van der Waals surface area contributed by atoms with Gasteiger partial charge in [0.05, 0.1) is 34.9 Å². The molecule has 7 nitrogen and oxygen atoms in total. The molecule has 0 bridgehead atoms. The number of hydrogen-bond donors (Lipinski definition) is 1. The first-order valence-electron chi connectivity index (χ1n) is 9.46. The number of hydrogen-bond acceptors (Lipinski definition) is 6. The van der Waals surface area contributed by atoms with Crippen LogP contribution in [0.25, 0.3) is 11.4 Å². The van der Waals surface area contributed by atoms with Gasteiger partial charge in [0, 0.05) is 40.2 Å². The largest absolute Gasteiger partial charge is 0.416 e. The number of amides is 1. The van der Waals surface area contributed by atoms with E-state index in [2.05, 4.69) is 24.6 Å². The molecule has 0 aliphatic rings. The molecule has 0 saturated carbocycles. The SMILES string of the molecule is C[C@H](NC(=O)c1cc(F)cc(C(F)(F)F)c1)c1nccnc1-c1ccc(N=S(C)(C)=O)cn1. The van der Waals surface area contributed by atoms with Gasteiger partial charge < -0.3 is 5.32 Å². The van der Waals surface area contributed by atoms with E-state index in [0.717, 1.165) is 6.07 Å². The second-order valence-electron chi connectivity index (χ2n) is 7.39. The summed E-state index contributed by atoms with van der Waals surface area (Å²) in [6.07, 6.45) is 2.40. The van der Waals surface area contributed by atoms with Gasteiger partial charge in [-0.15, -0.1) is 0 Å². The third kappa shape index (κ3) is 6.31. The van der Waals surface area contributed by atoms with Crippen molar-refractivity contribution in [3.63, 3.8) is 0 Å². The van der Waals surface area contributed by atoms with Gasteiger partial charge in [-0.1, -0.05) is 0 Å². The standard InChI is InChI=1S/C21H19F4N5O2S/c1-12(29-20(31)13-8-14(21(23,24)25)10-15(22)9-13)18-19(27-7-6-26-18)17-5-4-16(11-28-17)30-33(2,3)32/h4-12H,1-3H3,(H,29,31)/t12-/m0/s1. The van der Waals surface area contributed by atoms with E-state index in [1.165, 1.54) is 31.1 Å². The molecule has 0 aliphatic carbocycles. The zero-order valence-corrected chi connectivity index (χ0v) is 18.5. The van der Waals surface area contributed by atoms with Crippen LogP contribution in [0.1, 0.15) is 34.6 Å². The summed E-state index contributed by atoms with van der Waals surface area (Å²) in [6.45, 7) is 1.56. The fourth-order valence-electron chi connectivity index (χ4n) is 2.93. The van der Waals surface area contributed by atoms with Crippen LogP contribution in [0.15, 0.2) is 53.3 Å². The molecule has 1 N–H and O–H groups in total. The van der Waals surface area contributed by atoms with Gasteiger partial charge in [-0.2, -0.15) is 17.5 Å². The van der Waals surface area contributed by atoms with Crippen LogP contribution in [0.5, 0.6) is 0 Å². The van der Waals surface area contributed by atoms with Crippen LogP contribution in [0.2, 0.25) is 0 Å². The number of alkyl halides is 3. The van der Waals surface area contributed by atoms with Crippen LogP contribution in [0.4, 0.5) is 23.2 Å². The molecule has 3 aromatic rings. The van der Waals surface area contributed by atoms with Crippen molar-refractivity contribution in [2.45, 2.75) is 19.1 Å². The lowest BCUT2D eigenvalue weighted by Crippen LogP contribution is -2.28. The van der Waals surface area contributed by atoms with E-state index in [-0.39, 0.29) is 0 Å². The number of aromatic nitrogens is 3. The molecule has 12 heteroatoms. The van der Waals surface area contributed by atoms with Crippen LogP contribution >= 0.6 is 0 Å². The van der Waals surface area contributed by atoms with Gasteiger partial charge in [0.1, 0.15) is 11.5 Å². The van der Waals surface area contributed by atoms with E-state index < -0.39 is 44.8 Å². The Kier molecular flexibility index (Phi) is 6.77. The van der Waals surface area contributed by atoms with Crippen molar-refractivity contribution in [1.82, 2.24) is 20.3 Å². The molecule has 0 radical (unpaired) electrons. The fraction of sp³-hybridized carbons (Fsp3) is 0.238. The second kappa shape index (κ2) is 9.22. The van der Waals surface area contributed by atoms with Crippen molar-refractivity contribution in [1.29, 1.82) is 0 Å². The summed E-state index contributed by atoms with van der Waals surface area (Å²) in [5, 5.41) is 2.51. The molecule has 33 heavy (non-hydrogen) atoms. The van der Waals surface area contributed by atoms with E-state index in [0.29, 0.717) is 34.9 Å². The Labute approximate surface area is 187 Å². The quantitative estimate of drug-likeness (QED) is 0.540. The summed E-state index contributed by atoms with van der Waals surface area (Å²) >= 11 is 0. The number of benzene rings is 1. The molecule has 1 atom stereocenters. The van der Waals surface area contributed by atoms with Gasteiger partial charge in [-0.3, -0.25) is 19.7 Å². The lowest BCUT2D eigenvalue weighted by atomic mass is 10.1. The third-order valence-electron chi connectivity index (χ3n) is 4.29. The predicted molar refractivity (Wildman–Crippen MR) is 115 cm³/mol. The van der Waals surface area contributed by atoms with E-state index in [9.17, 15) is 26.6 Å². The number of carbonyl (C=O) groups excluding carboxylic acids is 1. The van der Waals surface area contributed by atoms with Gasteiger partial charge >= 0.3 is 6.18 Å².